The van der Waals surface area contributed by atoms with Crippen LogP contribution in [0.15, 0.2) is 42.5 Å². The van der Waals surface area contributed by atoms with Crippen molar-refractivity contribution in [3.8, 4) is 0 Å². The summed E-state index contributed by atoms with van der Waals surface area (Å²) in [4.78, 5) is 36.0. The monoisotopic (exact) mass is 379 g/mol. The minimum absolute atomic E-state index is 0.106. The molecule has 0 spiro atoms. The van der Waals surface area contributed by atoms with Gasteiger partial charge in [-0.15, -0.1) is 0 Å². The highest BCUT2D eigenvalue weighted by Gasteiger charge is 2.21. The van der Waals surface area contributed by atoms with Crippen LogP contribution in [0.2, 0.25) is 10.0 Å². The highest BCUT2D eigenvalue weighted by Crippen LogP contribution is 2.22. The summed E-state index contributed by atoms with van der Waals surface area (Å²) in [6.07, 6.45) is -1.08. The Morgan fingerprint density at radius 2 is 1.72 bits per heavy atom. The second-order valence-corrected chi connectivity index (χ2v) is 6.11. The number of halogens is 2. The Bertz CT molecular complexity index is 836. The van der Waals surface area contributed by atoms with E-state index in [4.69, 9.17) is 27.9 Å². The smallest absolute Gasteiger partial charge is 0.340 e. The molecule has 1 amide bonds. The zero-order chi connectivity index (χ0) is 18.6. The maximum Gasteiger partial charge on any atom is 0.340 e. The van der Waals surface area contributed by atoms with Crippen LogP contribution in [0.3, 0.4) is 0 Å². The fraction of sp³-hybridized carbons (Fsp3) is 0.167. The standard InChI is InChI=1S/C18H15Cl2NO4/c1-10(22)13-5-3-4-6-16(13)21-17(23)11(2)25-18(24)14-8-7-12(19)9-15(14)20/h3-9,11H,1-2H3,(H,21,23)/t11-/m1/s1. The van der Waals surface area contributed by atoms with Gasteiger partial charge in [-0.25, -0.2) is 4.79 Å². The maximum atomic E-state index is 12.2. The van der Waals surface area contributed by atoms with Gasteiger partial charge < -0.3 is 10.1 Å². The van der Waals surface area contributed by atoms with Crippen molar-refractivity contribution in [3.63, 3.8) is 0 Å². The number of rotatable bonds is 5. The van der Waals surface area contributed by atoms with Crippen molar-refractivity contribution in [2.24, 2.45) is 0 Å². The molecule has 0 aliphatic carbocycles. The third kappa shape index (κ3) is 4.81. The summed E-state index contributed by atoms with van der Waals surface area (Å²) in [7, 11) is 0. The van der Waals surface area contributed by atoms with Crippen molar-refractivity contribution in [1.82, 2.24) is 0 Å². The molecule has 1 N–H and O–H groups in total. The van der Waals surface area contributed by atoms with Crippen LogP contribution < -0.4 is 5.32 Å². The first-order chi connectivity index (χ1) is 11.8. The van der Waals surface area contributed by atoms with E-state index in [-0.39, 0.29) is 16.4 Å². The van der Waals surface area contributed by atoms with E-state index in [1.54, 1.807) is 24.3 Å². The molecule has 0 heterocycles. The number of ketones is 1. The number of ether oxygens (including phenoxy) is 1. The number of esters is 1. The minimum atomic E-state index is -1.08. The number of benzene rings is 2. The molecule has 2 rings (SSSR count). The second kappa shape index (κ2) is 8.14. The molecule has 0 radical (unpaired) electrons. The van der Waals surface area contributed by atoms with Crippen molar-refractivity contribution < 1.29 is 19.1 Å². The summed E-state index contributed by atoms with van der Waals surface area (Å²) in [6.45, 7) is 2.82. The molecule has 0 aliphatic heterocycles. The van der Waals surface area contributed by atoms with Crippen molar-refractivity contribution in [1.29, 1.82) is 0 Å². The van der Waals surface area contributed by atoms with Gasteiger partial charge in [-0.2, -0.15) is 0 Å². The predicted molar refractivity (Wildman–Crippen MR) is 96.4 cm³/mol. The molecule has 130 valence electrons. The number of para-hydroxylation sites is 1. The SMILES string of the molecule is CC(=O)c1ccccc1NC(=O)[C@@H](C)OC(=O)c1ccc(Cl)cc1Cl. The zero-order valence-corrected chi connectivity index (χ0v) is 15.0. The largest absolute Gasteiger partial charge is 0.449 e. The normalized spacial score (nSPS) is 11.5. The molecular formula is C18H15Cl2NO4. The number of hydrogen-bond acceptors (Lipinski definition) is 4. The van der Waals surface area contributed by atoms with Crippen LogP contribution in [0.1, 0.15) is 34.6 Å². The number of hydrogen-bond donors (Lipinski definition) is 1. The third-order valence-electron chi connectivity index (χ3n) is 3.37. The first-order valence-corrected chi connectivity index (χ1v) is 8.12. The lowest BCUT2D eigenvalue weighted by atomic mass is 10.1. The van der Waals surface area contributed by atoms with E-state index in [1.165, 1.54) is 32.0 Å². The molecule has 1 atom stereocenters. The van der Waals surface area contributed by atoms with E-state index in [1.807, 2.05) is 0 Å². The zero-order valence-electron chi connectivity index (χ0n) is 13.5. The van der Waals surface area contributed by atoms with Gasteiger partial charge in [0.05, 0.1) is 16.3 Å². The molecule has 2 aromatic carbocycles. The predicted octanol–water partition coefficient (Wildman–Crippen LogP) is 4.38. The Morgan fingerprint density at radius 1 is 1.04 bits per heavy atom. The Morgan fingerprint density at radius 3 is 2.36 bits per heavy atom. The van der Waals surface area contributed by atoms with Gasteiger partial charge in [-0.3, -0.25) is 9.59 Å². The summed E-state index contributed by atoms with van der Waals surface area (Å²) < 4.78 is 5.13. The van der Waals surface area contributed by atoms with Crippen molar-refractivity contribution in [3.05, 3.63) is 63.6 Å². The Balaban J connectivity index is 2.08. The number of carbonyl (C=O) groups is 3. The second-order valence-electron chi connectivity index (χ2n) is 5.26. The molecule has 5 nitrogen and oxygen atoms in total. The Hall–Kier alpha value is -2.37. The van der Waals surface area contributed by atoms with Crippen molar-refractivity contribution >= 4 is 46.5 Å². The van der Waals surface area contributed by atoms with Crippen LogP contribution in [0.25, 0.3) is 0 Å². The fourth-order valence-corrected chi connectivity index (χ4v) is 2.55. The lowest BCUT2D eigenvalue weighted by molar-refractivity contribution is -0.123. The van der Waals surface area contributed by atoms with E-state index in [0.29, 0.717) is 16.3 Å². The molecular weight excluding hydrogens is 365 g/mol. The Kier molecular flexibility index (Phi) is 6.17. The van der Waals surface area contributed by atoms with Gasteiger partial charge in [0, 0.05) is 10.6 Å². The lowest BCUT2D eigenvalue weighted by Gasteiger charge is -2.15. The molecule has 0 unspecified atom stereocenters. The van der Waals surface area contributed by atoms with Crippen LogP contribution in [-0.2, 0) is 9.53 Å². The van der Waals surface area contributed by atoms with Gasteiger partial charge in [0.25, 0.3) is 5.91 Å². The van der Waals surface area contributed by atoms with E-state index in [9.17, 15) is 14.4 Å². The molecule has 0 aliphatic rings. The summed E-state index contributed by atoms with van der Waals surface area (Å²) in [6, 6.07) is 10.9. The Labute approximate surface area is 154 Å². The molecule has 0 bridgehead atoms. The van der Waals surface area contributed by atoms with Crippen molar-refractivity contribution in [2.75, 3.05) is 5.32 Å². The average Bonchev–Trinajstić information content (AvgIpc) is 2.54. The van der Waals surface area contributed by atoms with Gasteiger partial charge in [0.15, 0.2) is 11.9 Å². The first kappa shape index (κ1) is 19.0. The van der Waals surface area contributed by atoms with Crippen LogP contribution in [0.4, 0.5) is 5.69 Å². The molecule has 25 heavy (non-hydrogen) atoms. The number of nitrogens with one attached hydrogen (secondary N) is 1. The average molecular weight is 380 g/mol. The first-order valence-electron chi connectivity index (χ1n) is 7.36. The number of Topliss-reactive ketones (excluding diaryl/α,β-unsaturated/α-hetero) is 1. The number of amides is 1. The van der Waals surface area contributed by atoms with Gasteiger partial charge in [0.2, 0.25) is 0 Å². The molecule has 0 fully saturated rings. The van der Waals surface area contributed by atoms with Crippen LogP contribution in [0.5, 0.6) is 0 Å². The molecule has 0 saturated carbocycles. The van der Waals surface area contributed by atoms with E-state index < -0.39 is 18.0 Å². The molecule has 7 heteroatoms. The molecule has 0 aromatic heterocycles. The summed E-state index contributed by atoms with van der Waals surface area (Å²) >= 11 is 11.7. The topological polar surface area (TPSA) is 72.5 Å². The lowest BCUT2D eigenvalue weighted by Crippen LogP contribution is -2.30. The van der Waals surface area contributed by atoms with E-state index in [2.05, 4.69) is 5.32 Å². The molecule has 0 saturated heterocycles. The highest BCUT2D eigenvalue weighted by atomic mass is 35.5. The van der Waals surface area contributed by atoms with Gasteiger partial charge in [-0.1, -0.05) is 35.3 Å². The number of carbonyl (C=O) groups excluding carboxylic acids is 3. The van der Waals surface area contributed by atoms with Crippen LogP contribution in [-0.4, -0.2) is 23.8 Å². The van der Waals surface area contributed by atoms with Crippen molar-refractivity contribution in [2.45, 2.75) is 20.0 Å². The highest BCUT2D eigenvalue weighted by molar-refractivity contribution is 6.36. The van der Waals surface area contributed by atoms with Gasteiger partial charge in [-0.05, 0) is 44.2 Å². The quantitative estimate of drug-likeness (QED) is 0.617. The summed E-state index contributed by atoms with van der Waals surface area (Å²) in [5.41, 5.74) is 0.831. The minimum Gasteiger partial charge on any atom is -0.449 e. The van der Waals surface area contributed by atoms with Gasteiger partial charge in [0.1, 0.15) is 0 Å². The van der Waals surface area contributed by atoms with Gasteiger partial charge >= 0.3 is 5.97 Å². The van der Waals surface area contributed by atoms with E-state index >= 15 is 0 Å². The molecule has 2 aromatic rings. The van der Waals surface area contributed by atoms with Crippen LogP contribution in [0, 0.1) is 0 Å². The third-order valence-corrected chi connectivity index (χ3v) is 3.92. The van der Waals surface area contributed by atoms with Crippen LogP contribution >= 0.6 is 23.2 Å². The summed E-state index contributed by atoms with van der Waals surface area (Å²) in [5.74, 6) is -1.50. The van der Waals surface area contributed by atoms with E-state index in [0.717, 1.165) is 0 Å². The number of anilines is 1. The fourth-order valence-electron chi connectivity index (χ4n) is 2.07. The maximum absolute atomic E-state index is 12.2. The summed E-state index contributed by atoms with van der Waals surface area (Å²) in [5, 5.41) is 3.10.